The number of carbonyl (C=O) groups excluding carboxylic acids is 1. The fourth-order valence-corrected chi connectivity index (χ4v) is 3.00. The molecule has 2 aliphatic rings. The highest BCUT2D eigenvalue weighted by molar-refractivity contribution is 5.87. The summed E-state index contributed by atoms with van der Waals surface area (Å²) >= 11 is 0. The van der Waals surface area contributed by atoms with Crippen LogP contribution < -0.4 is 0 Å². The zero-order valence-corrected chi connectivity index (χ0v) is 9.76. The topological polar surface area (TPSA) is 26.3 Å². The second-order valence-corrected chi connectivity index (χ2v) is 5.19. The van der Waals surface area contributed by atoms with Crippen LogP contribution in [0.2, 0.25) is 0 Å². The average Bonchev–Trinajstić information content (AvgIpc) is 2.78. The largest absolute Gasteiger partial charge is 0.377 e. The monoisotopic (exact) mass is 210 g/mol. The molecule has 1 heterocycles. The SMILES string of the molecule is CCCCC[C@H]1C[C@]2(CCCC2=O)CO1. The Bertz CT molecular complexity index is 237. The van der Waals surface area contributed by atoms with Crippen molar-refractivity contribution in [2.75, 3.05) is 6.61 Å². The van der Waals surface area contributed by atoms with Crippen LogP contribution >= 0.6 is 0 Å². The van der Waals surface area contributed by atoms with Gasteiger partial charge in [-0.3, -0.25) is 4.79 Å². The molecule has 0 bridgehead atoms. The van der Waals surface area contributed by atoms with Gasteiger partial charge in [0.2, 0.25) is 0 Å². The fourth-order valence-electron chi connectivity index (χ4n) is 3.00. The molecule has 0 N–H and O–H groups in total. The van der Waals surface area contributed by atoms with Crippen LogP contribution in [0.5, 0.6) is 0 Å². The van der Waals surface area contributed by atoms with Crippen molar-refractivity contribution in [1.82, 2.24) is 0 Å². The maximum absolute atomic E-state index is 11.8. The molecule has 1 saturated heterocycles. The summed E-state index contributed by atoms with van der Waals surface area (Å²) in [6, 6.07) is 0. The third kappa shape index (κ3) is 2.25. The molecule has 0 radical (unpaired) electrons. The Kier molecular flexibility index (Phi) is 3.45. The second kappa shape index (κ2) is 4.65. The number of ether oxygens (including phenoxy) is 1. The van der Waals surface area contributed by atoms with Crippen molar-refractivity contribution in [3.63, 3.8) is 0 Å². The van der Waals surface area contributed by atoms with Crippen LogP contribution in [-0.4, -0.2) is 18.5 Å². The van der Waals surface area contributed by atoms with Crippen LogP contribution in [0.4, 0.5) is 0 Å². The van der Waals surface area contributed by atoms with E-state index in [4.69, 9.17) is 4.74 Å². The second-order valence-electron chi connectivity index (χ2n) is 5.19. The lowest BCUT2D eigenvalue weighted by molar-refractivity contribution is -0.125. The van der Waals surface area contributed by atoms with E-state index in [0.717, 1.165) is 32.1 Å². The Hall–Kier alpha value is -0.370. The summed E-state index contributed by atoms with van der Waals surface area (Å²) in [5, 5.41) is 0. The van der Waals surface area contributed by atoms with Gasteiger partial charge in [-0.15, -0.1) is 0 Å². The predicted molar refractivity (Wildman–Crippen MR) is 59.8 cm³/mol. The van der Waals surface area contributed by atoms with Gasteiger partial charge in [0.25, 0.3) is 0 Å². The molecule has 2 heteroatoms. The quantitative estimate of drug-likeness (QED) is 0.666. The van der Waals surface area contributed by atoms with E-state index in [0.29, 0.717) is 18.5 Å². The highest BCUT2D eigenvalue weighted by Crippen LogP contribution is 2.44. The van der Waals surface area contributed by atoms with Gasteiger partial charge in [0, 0.05) is 6.42 Å². The van der Waals surface area contributed by atoms with Gasteiger partial charge in [0.05, 0.1) is 18.1 Å². The van der Waals surface area contributed by atoms with Crippen molar-refractivity contribution in [3.05, 3.63) is 0 Å². The standard InChI is InChI=1S/C13H22O2/c1-2-3-4-6-11-9-13(10-15-11)8-5-7-12(13)14/h11H,2-10H2,1H3/t11-,13+/m0/s1. The number of Topliss-reactive ketones (excluding diaryl/α,β-unsaturated/α-hetero) is 1. The molecular formula is C13H22O2. The van der Waals surface area contributed by atoms with Crippen LogP contribution in [0.15, 0.2) is 0 Å². The summed E-state index contributed by atoms with van der Waals surface area (Å²) in [7, 11) is 0. The van der Waals surface area contributed by atoms with Crippen molar-refractivity contribution in [3.8, 4) is 0 Å². The van der Waals surface area contributed by atoms with E-state index in [2.05, 4.69) is 6.92 Å². The lowest BCUT2D eigenvalue weighted by atomic mass is 9.82. The first-order chi connectivity index (χ1) is 7.27. The van der Waals surface area contributed by atoms with Crippen molar-refractivity contribution in [1.29, 1.82) is 0 Å². The zero-order chi connectivity index (χ0) is 10.7. The molecule has 2 fully saturated rings. The van der Waals surface area contributed by atoms with E-state index in [1.54, 1.807) is 0 Å². The van der Waals surface area contributed by atoms with Crippen molar-refractivity contribution in [2.24, 2.45) is 5.41 Å². The molecule has 86 valence electrons. The first-order valence-corrected chi connectivity index (χ1v) is 6.42. The summed E-state index contributed by atoms with van der Waals surface area (Å²) in [4.78, 5) is 11.8. The van der Waals surface area contributed by atoms with E-state index < -0.39 is 0 Å². The van der Waals surface area contributed by atoms with Gasteiger partial charge < -0.3 is 4.74 Å². The molecule has 15 heavy (non-hydrogen) atoms. The molecule has 2 atom stereocenters. The lowest BCUT2D eigenvalue weighted by Gasteiger charge is -2.18. The number of carbonyl (C=O) groups is 1. The highest BCUT2D eigenvalue weighted by atomic mass is 16.5. The molecule has 1 aliphatic carbocycles. The van der Waals surface area contributed by atoms with E-state index in [1.807, 2.05) is 0 Å². The Labute approximate surface area is 92.4 Å². The minimum atomic E-state index is -0.0448. The van der Waals surface area contributed by atoms with Gasteiger partial charge >= 0.3 is 0 Å². The molecule has 2 nitrogen and oxygen atoms in total. The third-order valence-electron chi connectivity index (χ3n) is 3.99. The number of rotatable bonds is 4. The van der Waals surface area contributed by atoms with E-state index >= 15 is 0 Å². The molecular weight excluding hydrogens is 188 g/mol. The maximum atomic E-state index is 11.8. The molecule has 1 spiro atoms. The molecule has 1 saturated carbocycles. The van der Waals surface area contributed by atoms with Gasteiger partial charge in [-0.2, -0.15) is 0 Å². The van der Waals surface area contributed by atoms with Crippen molar-refractivity contribution < 1.29 is 9.53 Å². The molecule has 0 aromatic rings. The Morgan fingerprint density at radius 2 is 2.33 bits per heavy atom. The zero-order valence-electron chi connectivity index (χ0n) is 9.76. The first-order valence-electron chi connectivity index (χ1n) is 6.42. The Morgan fingerprint density at radius 1 is 1.47 bits per heavy atom. The van der Waals surface area contributed by atoms with Crippen LogP contribution in [-0.2, 0) is 9.53 Å². The fraction of sp³-hybridized carbons (Fsp3) is 0.923. The van der Waals surface area contributed by atoms with E-state index in [1.165, 1.54) is 19.3 Å². The molecule has 1 aliphatic heterocycles. The summed E-state index contributed by atoms with van der Waals surface area (Å²) < 4.78 is 5.79. The molecule has 0 unspecified atom stereocenters. The number of hydrogen-bond donors (Lipinski definition) is 0. The van der Waals surface area contributed by atoms with E-state index in [-0.39, 0.29) is 5.41 Å². The van der Waals surface area contributed by atoms with Crippen LogP contribution in [0, 0.1) is 5.41 Å². The third-order valence-corrected chi connectivity index (χ3v) is 3.99. The van der Waals surface area contributed by atoms with Crippen LogP contribution in [0.3, 0.4) is 0 Å². The highest BCUT2D eigenvalue weighted by Gasteiger charge is 2.47. The summed E-state index contributed by atoms with van der Waals surface area (Å²) in [6.07, 6.45) is 9.31. The predicted octanol–water partition coefficient (Wildman–Crippen LogP) is 3.10. The minimum Gasteiger partial charge on any atom is -0.377 e. The normalized spacial score (nSPS) is 35.5. The van der Waals surface area contributed by atoms with Crippen molar-refractivity contribution in [2.45, 2.75) is 64.4 Å². The molecule has 0 aromatic heterocycles. The number of unbranched alkanes of at least 4 members (excludes halogenated alkanes) is 2. The van der Waals surface area contributed by atoms with E-state index in [9.17, 15) is 4.79 Å². The van der Waals surface area contributed by atoms with Crippen LogP contribution in [0.1, 0.15) is 58.3 Å². The summed E-state index contributed by atoms with van der Waals surface area (Å²) in [5.74, 6) is 0.473. The number of ketones is 1. The van der Waals surface area contributed by atoms with Gasteiger partial charge in [0.15, 0.2) is 0 Å². The maximum Gasteiger partial charge on any atom is 0.141 e. The summed E-state index contributed by atoms with van der Waals surface area (Å²) in [6.45, 7) is 2.93. The molecule has 0 aromatic carbocycles. The average molecular weight is 210 g/mol. The lowest BCUT2D eigenvalue weighted by Crippen LogP contribution is -2.25. The van der Waals surface area contributed by atoms with Gasteiger partial charge in [0.1, 0.15) is 5.78 Å². The summed E-state index contributed by atoms with van der Waals surface area (Å²) in [5.41, 5.74) is -0.0448. The Morgan fingerprint density at radius 3 is 3.00 bits per heavy atom. The Balaban J connectivity index is 1.81. The van der Waals surface area contributed by atoms with Crippen LogP contribution in [0.25, 0.3) is 0 Å². The molecule has 2 rings (SSSR count). The van der Waals surface area contributed by atoms with Gasteiger partial charge in [-0.25, -0.2) is 0 Å². The van der Waals surface area contributed by atoms with Gasteiger partial charge in [-0.1, -0.05) is 26.2 Å². The smallest absolute Gasteiger partial charge is 0.141 e. The number of hydrogen-bond acceptors (Lipinski definition) is 2. The van der Waals surface area contributed by atoms with Crippen molar-refractivity contribution >= 4 is 5.78 Å². The minimum absolute atomic E-state index is 0.0448. The molecule has 0 amide bonds. The van der Waals surface area contributed by atoms with Gasteiger partial charge in [-0.05, 0) is 25.7 Å². The first kappa shape index (κ1) is 11.1.